The lowest BCUT2D eigenvalue weighted by Gasteiger charge is -2.30. The number of halogens is 1. The summed E-state index contributed by atoms with van der Waals surface area (Å²) in [7, 11) is 0. The molecule has 2 N–H and O–H groups in total. The van der Waals surface area contributed by atoms with Crippen LogP contribution in [0.3, 0.4) is 0 Å². The van der Waals surface area contributed by atoms with Gasteiger partial charge in [0.25, 0.3) is 0 Å². The number of nitrogens with one attached hydrogen (secondary N) is 1. The fourth-order valence-corrected chi connectivity index (χ4v) is 3.02. The smallest absolute Gasteiger partial charge is 0.317 e. The third-order valence-corrected chi connectivity index (χ3v) is 4.41. The van der Waals surface area contributed by atoms with Gasteiger partial charge in [0.15, 0.2) is 0 Å². The average Bonchev–Trinajstić information content (AvgIpc) is 2.45. The molecule has 5 heteroatoms. The molecular formula is C15H21BrN2O2. The lowest BCUT2D eigenvalue weighted by atomic mass is 10.0. The predicted molar refractivity (Wildman–Crippen MR) is 82.6 cm³/mol. The van der Waals surface area contributed by atoms with Gasteiger partial charge in [-0.15, -0.1) is 0 Å². The van der Waals surface area contributed by atoms with Gasteiger partial charge in [-0.3, -0.25) is 0 Å². The minimum absolute atomic E-state index is 0.0168. The summed E-state index contributed by atoms with van der Waals surface area (Å²) in [6.45, 7) is 3.54. The van der Waals surface area contributed by atoms with Crippen LogP contribution in [-0.2, 0) is 13.0 Å². The summed E-state index contributed by atoms with van der Waals surface area (Å²) in [4.78, 5) is 14.1. The molecule has 1 aromatic carbocycles. The summed E-state index contributed by atoms with van der Waals surface area (Å²) >= 11 is 3.56. The van der Waals surface area contributed by atoms with Crippen LogP contribution in [0.25, 0.3) is 0 Å². The highest BCUT2D eigenvalue weighted by atomic mass is 79.9. The number of aliphatic hydroxyl groups excluding tert-OH is 1. The number of fused-ring (bicyclic) bond motifs is 1. The van der Waals surface area contributed by atoms with E-state index in [1.54, 1.807) is 0 Å². The monoisotopic (exact) mass is 340 g/mol. The van der Waals surface area contributed by atoms with Crippen LogP contribution < -0.4 is 5.32 Å². The second-order valence-electron chi connectivity index (χ2n) is 5.27. The molecule has 2 rings (SSSR count). The zero-order valence-corrected chi connectivity index (χ0v) is 13.3. The second kappa shape index (κ2) is 7.09. The average molecular weight is 341 g/mol. The largest absolute Gasteiger partial charge is 0.396 e. The minimum Gasteiger partial charge on any atom is -0.396 e. The Balaban J connectivity index is 1.95. The molecule has 0 saturated heterocycles. The number of carbonyl (C=O) groups excluding carboxylic acids is 1. The van der Waals surface area contributed by atoms with Gasteiger partial charge >= 0.3 is 6.03 Å². The SMILES string of the molecule is CC(CCCO)NC(=O)N1CCc2cccc(Br)c2C1. The first-order chi connectivity index (χ1) is 9.61. The first-order valence-electron chi connectivity index (χ1n) is 7.04. The molecule has 1 aliphatic heterocycles. The molecule has 0 saturated carbocycles. The molecule has 0 spiro atoms. The van der Waals surface area contributed by atoms with E-state index in [2.05, 4.69) is 27.3 Å². The van der Waals surface area contributed by atoms with Gasteiger partial charge in [-0.25, -0.2) is 4.79 Å². The highest BCUT2D eigenvalue weighted by Crippen LogP contribution is 2.26. The van der Waals surface area contributed by atoms with Gasteiger partial charge < -0.3 is 15.3 Å². The van der Waals surface area contributed by atoms with E-state index in [4.69, 9.17) is 5.11 Å². The Morgan fingerprint density at radius 1 is 1.55 bits per heavy atom. The van der Waals surface area contributed by atoms with E-state index in [-0.39, 0.29) is 18.7 Å². The number of benzene rings is 1. The molecule has 0 aromatic heterocycles. The van der Waals surface area contributed by atoms with Crippen molar-refractivity contribution in [3.63, 3.8) is 0 Å². The fraction of sp³-hybridized carbons (Fsp3) is 0.533. The van der Waals surface area contributed by atoms with Crippen molar-refractivity contribution in [3.05, 3.63) is 33.8 Å². The first kappa shape index (κ1) is 15.3. The highest BCUT2D eigenvalue weighted by Gasteiger charge is 2.22. The number of amides is 2. The minimum atomic E-state index is -0.0168. The maximum absolute atomic E-state index is 12.2. The zero-order valence-electron chi connectivity index (χ0n) is 11.7. The Hall–Kier alpha value is -1.07. The number of aliphatic hydroxyl groups is 1. The summed E-state index contributed by atoms with van der Waals surface area (Å²) in [5.74, 6) is 0. The van der Waals surface area contributed by atoms with Crippen LogP contribution in [0.1, 0.15) is 30.9 Å². The Labute approximate surface area is 128 Å². The molecule has 0 radical (unpaired) electrons. The molecular weight excluding hydrogens is 320 g/mol. The molecule has 1 heterocycles. The zero-order chi connectivity index (χ0) is 14.5. The van der Waals surface area contributed by atoms with Crippen LogP contribution in [0, 0.1) is 0 Å². The summed E-state index contributed by atoms with van der Waals surface area (Å²) in [5.41, 5.74) is 2.52. The van der Waals surface area contributed by atoms with Crippen molar-refractivity contribution in [1.82, 2.24) is 10.2 Å². The third-order valence-electron chi connectivity index (χ3n) is 3.67. The number of hydrogen-bond acceptors (Lipinski definition) is 2. The Kier molecular flexibility index (Phi) is 5.43. The van der Waals surface area contributed by atoms with Gasteiger partial charge in [0.1, 0.15) is 0 Å². The van der Waals surface area contributed by atoms with E-state index in [0.717, 1.165) is 30.3 Å². The second-order valence-corrected chi connectivity index (χ2v) is 6.12. The lowest BCUT2D eigenvalue weighted by Crippen LogP contribution is -2.46. The van der Waals surface area contributed by atoms with Crippen molar-refractivity contribution in [1.29, 1.82) is 0 Å². The number of urea groups is 1. The molecule has 1 unspecified atom stereocenters. The van der Waals surface area contributed by atoms with Gasteiger partial charge in [-0.05, 0) is 43.4 Å². The normalized spacial score (nSPS) is 15.7. The van der Waals surface area contributed by atoms with Crippen molar-refractivity contribution < 1.29 is 9.90 Å². The molecule has 1 aromatic rings. The van der Waals surface area contributed by atoms with Crippen molar-refractivity contribution in [2.24, 2.45) is 0 Å². The number of carbonyl (C=O) groups is 1. The molecule has 20 heavy (non-hydrogen) atoms. The van der Waals surface area contributed by atoms with Crippen LogP contribution in [0.4, 0.5) is 4.79 Å². The van der Waals surface area contributed by atoms with E-state index in [9.17, 15) is 4.79 Å². The Bertz CT molecular complexity index is 479. The van der Waals surface area contributed by atoms with E-state index in [1.807, 2.05) is 24.0 Å². The number of nitrogens with zero attached hydrogens (tertiary/aromatic N) is 1. The molecule has 110 valence electrons. The molecule has 0 fully saturated rings. The van der Waals surface area contributed by atoms with Crippen LogP contribution >= 0.6 is 15.9 Å². The maximum atomic E-state index is 12.2. The van der Waals surface area contributed by atoms with Crippen LogP contribution in [0.2, 0.25) is 0 Å². The van der Waals surface area contributed by atoms with Crippen molar-refractivity contribution in [3.8, 4) is 0 Å². The quantitative estimate of drug-likeness (QED) is 0.885. The third kappa shape index (κ3) is 3.73. The highest BCUT2D eigenvalue weighted by molar-refractivity contribution is 9.10. The van der Waals surface area contributed by atoms with Crippen LogP contribution in [-0.4, -0.2) is 35.2 Å². The number of rotatable bonds is 4. The summed E-state index contributed by atoms with van der Waals surface area (Å²) in [6, 6.07) is 6.26. The van der Waals surface area contributed by atoms with Crippen molar-refractivity contribution >= 4 is 22.0 Å². The van der Waals surface area contributed by atoms with Crippen molar-refractivity contribution in [2.45, 2.75) is 38.8 Å². The van der Waals surface area contributed by atoms with Gasteiger partial charge in [0, 0.05) is 30.2 Å². The maximum Gasteiger partial charge on any atom is 0.317 e. The van der Waals surface area contributed by atoms with E-state index in [0.29, 0.717) is 6.54 Å². The van der Waals surface area contributed by atoms with Gasteiger partial charge in [0.2, 0.25) is 0 Å². The molecule has 4 nitrogen and oxygen atoms in total. The van der Waals surface area contributed by atoms with Gasteiger partial charge in [-0.2, -0.15) is 0 Å². The van der Waals surface area contributed by atoms with Gasteiger partial charge in [0.05, 0.1) is 0 Å². The summed E-state index contributed by atoms with van der Waals surface area (Å²) in [5, 5.41) is 11.8. The predicted octanol–water partition coefficient (Wildman–Crippen LogP) is 2.68. The molecule has 2 amide bonds. The number of hydrogen-bond donors (Lipinski definition) is 2. The Morgan fingerprint density at radius 2 is 2.35 bits per heavy atom. The summed E-state index contributed by atoms with van der Waals surface area (Å²) in [6.07, 6.45) is 2.42. The molecule has 0 aliphatic carbocycles. The van der Waals surface area contributed by atoms with E-state index >= 15 is 0 Å². The fourth-order valence-electron chi connectivity index (χ4n) is 2.48. The lowest BCUT2D eigenvalue weighted by molar-refractivity contribution is 0.187. The Morgan fingerprint density at radius 3 is 3.10 bits per heavy atom. The van der Waals surface area contributed by atoms with E-state index < -0.39 is 0 Å². The standard InChI is InChI=1S/C15H21BrN2O2/c1-11(4-3-9-19)17-15(20)18-8-7-12-5-2-6-14(16)13(12)10-18/h2,5-6,11,19H,3-4,7-10H2,1H3,(H,17,20). The molecule has 1 atom stereocenters. The van der Waals surface area contributed by atoms with Gasteiger partial charge in [-0.1, -0.05) is 28.1 Å². The molecule has 1 aliphatic rings. The topological polar surface area (TPSA) is 52.6 Å². The first-order valence-corrected chi connectivity index (χ1v) is 7.83. The van der Waals surface area contributed by atoms with Crippen LogP contribution in [0.15, 0.2) is 22.7 Å². The molecule has 0 bridgehead atoms. The summed E-state index contributed by atoms with van der Waals surface area (Å²) < 4.78 is 1.07. The van der Waals surface area contributed by atoms with Crippen molar-refractivity contribution in [2.75, 3.05) is 13.2 Å². The van der Waals surface area contributed by atoms with Crippen LogP contribution in [0.5, 0.6) is 0 Å². The van der Waals surface area contributed by atoms with E-state index in [1.165, 1.54) is 11.1 Å².